The lowest BCUT2D eigenvalue weighted by Gasteiger charge is -2.19. The van der Waals surface area contributed by atoms with Crippen molar-refractivity contribution in [2.24, 2.45) is 11.7 Å². The SMILES string of the molecule is CCC(CC)CC(N)c1cccc(C(F)(F)F)c1. The molecule has 0 radical (unpaired) electrons. The van der Waals surface area contributed by atoms with Gasteiger partial charge in [0.2, 0.25) is 0 Å². The first-order valence-electron chi connectivity index (χ1n) is 6.31. The topological polar surface area (TPSA) is 26.0 Å². The van der Waals surface area contributed by atoms with Crippen molar-refractivity contribution < 1.29 is 13.2 Å². The van der Waals surface area contributed by atoms with E-state index < -0.39 is 11.7 Å². The highest BCUT2D eigenvalue weighted by Gasteiger charge is 2.30. The second-order valence-corrected chi connectivity index (χ2v) is 4.65. The monoisotopic (exact) mass is 259 g/mol. The van der Waals surface area contributed by atoms with Gasteiger partial charge < -0.3 is 5.73 Å². The van der Waals surface area contributed by atoms with E-state index in [-0.39, 0.29) is 6.04 Å². The molecule has 0 spiro atoms. The number of hydrogen-bond donors (Lipinski definition) is 1. The minimum Gasteiger partial charge on any atom is -0.324 e. The predicted octanol–water partition coefficient (Wildman–Crippen LogP) is 4.53. The van der Waals surface area contributed by atoms with Crippen LogP contribution >= 0.6 is 0 Å². The third kappa shape index (κ3) is 4.02. The van der Waals surface area contributed by atoms with E-state index in [0.29, 0.717) is 11.5 Å². The lowest BCUT2D eigenvalue weighted by atomic mass is 9.91. The fourth-order valence-electron chi connectivity index (χ4n) is 2.06. The third-order valence-electron chi connectivity index (χ3n) is 3.38. The van der Waals surface area contributed by atoms with Gasteiger partial charge in [-0.15, -0.1) is 0 Å². The van der Waals surface area contributed by atoms with Gasteiger partial charge in [0.15, 0.2) is 0 Å². The molecule has 0 aliphatic carbocycles. The fourth-order valence-corrected chi connectivity index (χ4v) is 2.06. The molecule has 0 saturated carbocycles. The molecule has 0 heterocycles. The summed E-state index contributed by atoms with van der Waals surface area (Å²) in [7, 11) is 0. The van der Waals surface area contributed by atoms with E-state index in [1.54, 1.807) is 6.07 Å². The Morgan fingerprint density at radius 1 is 1.17 bits per heavy atom. The Hall–Kier alpha value is -1.03. The van der Waals surface area contributed by atoms with Crippen LogP contribution in [0.5, 0.6) is 0 Å². The zero-order chi connectivity index (χ0) is 13.8. The summed E-state index contributed by atoms with van der Waals surface area (Å²) in [6.45, 7) is 4.15. The molecule has 1 rings (SSSR count). The number of nitrogens with two attached hydrogens (primary N) is 1. The highest BCUT2D eigenvalue weighted by molar-refractivity contribution is 5.27. The summed E-state index contributed by atoms with van der Waals surface area (Å²) in [5.74, 6) is 0.467. The van der Waals surface area contributed by atoms with Crippen LogP contribution in [0.1, 0.15) is 50.3 Å². The quantitative estimate of drug-likeness (QED) is 0.826. The van der Waals surface area contributed by atoms with Crippen molar-refractivity contribution in [3.05, 3.63) is 35.4 Å². The van der Waals surface area contributed by atoms with E-state index in [1.165, 1.54) is 6.07 Å². The molecule has 0 fully saturated rings. The Morgan fingerprint density at radius 2 is 1.78 bits per heavy atom. The van der Waals surface area contributed by atoms with Crippen LogP contribution in [-0.4, -0.2) is 0 Å². The van der Waals surface area contributed by atoms with Crippen molar-refractivity contribution in [3.63, 3.8) is 0 Å². The van der Waals surface area contributed by atoms with Crippen LogP contribution in [0.3, 0.4) is 0 Å². The normalized spacial score (nSPS) is 13.9. The van der Waals surface area contributed by atoms with Crippen LogP contribution in [0.4, 0.5) is 13.2 Å². The second kappa shape index (κ2) is 6.23. The van der Waals surface area contributed by atoms with Gasteiger partial charge in [-0.1, -0.05) is 38.8 Å². The molecule has 1 unspecified atom stereocenters. The van der Waals surface area contributed by atoms with E-state index >= 15 is 0 Å². The van der Waals surface area contributed by atoms with E-state index in [4.69, 9.17) is 5.73 Å². The third-order valence-corrected chi connectivity index (χ3v) is 3.38. The van der Waals surface area contributed by atoms with Gasteiger partial charge in [-0.3, -0.25) is 0 Å². The summed E-state index contributed by atoms with van der Waals surface area (Å²) in [6, 6.07) is 5.00. The number of benzene rings is 1. The minimum atomic E-state index is -4.30. The molecule has 18 heavy (non-hydrogen) atoms. The first-order valence-corrected chi connectivity index (χ1v) is 6.31. The maximum atomic E-state index is 12.6. The van der Waals surface area contributed by atoms with E-state index in [2.05, 4.69) is 13.8 Å². The average molecular weight is 259 g/mol. The molecule has 1 nitrogen and oxygen atoms in total. The Kier molecular flexibility index (Phi) is 5.20. The van der Waals surface area contributed by atoms with Crippen molar-refractivity contribution in [1.82, 2.24) is 0 Å². The summed E-state index contributed by atoms with van der Waals surface area (Å²) < 4.78 is 37.8. The van der Waals surface area contributed by atoms with Gasteiger partial charge in [-0.05, 0) is 30.0 Å². The van der Waals surface area contributed by atoms with E-state index in [9.17, 15) is 13.2 Å². The molecule has 0 aliphatic rings. The maximum absolute atomic E-state index is 12.6. The Balaban J connectivity index is 2.83. The molecule has 1 aromatic rings. The first kappa shape index (κ1) is 15.0. The van der Waals surface area contributed by atoms with Crippen LogP contribution < -0.4 is 5.73 Å². The van der Waals surface area contributed by atoms with E-state index in [0.717, 1.165) is 31.4 Å². The Labute approximate surface area is 106 Å². The van der Waals surface area contributed by atoms with Crippen LogP contribution in [0, 0.1) is 5.92 Å². The molecule has 0 saturated heterocycles. The van der Waals surface area contributed by atoms with Gasteiger partial charge in [0.25, 0.3) is 0 Å². The molecule has 4 heteroatoms. The number of hydrogen-bond acceptors (Lipinski definition) is 1. The van der Waals surface area contributed by atoms with Gasteiger partial charge >= 0.3 is 6.18 Å². The summed E-state index contributed by atoms with van der Waals surface area (Å²) in [4.78, 5) is 0. The van der Waals surface area contributed by atoms with Crippen molar-refractivity contribution in [3.8, 4) is 0 Å². The molecular weight excluding hydrogens is 239 g/mol. The zero-order valence-corrected chi connectivity index (χ0v) is 10.8. The number of halogens is 3. The van der Waals surface area contributed by atoms with Gasteiger partial charge in [0.05, 0.1) is 5.56 Å². The van der Waals surface area contributed by atoms with Gasteiger partial charge in [0.1, 0.15) is 0 Å². The average Bonchev–Trinajstić information content (AvgIpc) is 2.34. The molecule has 0 bridgehead atoms. The molecule has 1 atom stereocenters. The molecule has 0 aromatic heterocycles. The summed E-state index contributed by atoms with van der Waals surface area (Å²) >= 11 is 0. The highest BCUT2D eigenvalue weighted by Crippen LogP contribution is 2.31. The lowest BCUT2D eigenvalue weighted by Crippen LogP contribution is -2.16. The summed E-state index contributed by atoms with van der Waals surface area (Å²) in [5, 5.41) is 0. The standard InChI is InChI=1S/C14H20F3N/c1-3-10(4-2)8-13(18)11-6-5-7-12(9-11)14(15,16)17/h5-7,9-10,13H,3-4,8,18H2,1-2H3. The van der Waals surface area contributed by atoms with Crippen LogP contribution in [0.15, 0.2) is 24.3 Å². The first-order chi connectivity index (χ1) is 8.38. The minimum absolute atomic E-state index is 0.322. The molecule has 0 amide bonds. The summed E-state index contributed by atoms with van der Waals surface area (Å²) in [5.41, 5.74) is 5.93. The highest BCUT2D eigenvalue weighted by atomic mass is 19.4. The van der Waals surface area contributed by atoms with Gasteiger partial charge in [-0.2, -0.15) is 13.2 Å². The molecule has 102 valence electrons. The zero-order valence-electron chi connectivity index (χ0n) is 10.8. The number of alkyl halides is 3. The van der Waals surface area contributed by atoms with Crippen LogP contribution in [0.25, 0.3) is 0 Å². The van der Waals surface area contributed by atoms with Gasteiger partial charge in [0, 0.05) is 6.04 Å². The van der Waals surface area contributed by atoms with Crippen LogP contribution in [-0.2, 0) is 6.18 Å². The van der Waals surface area contributed by atoms with Crippen molar-refractivity contribution in [2.75, 3.05) is 0 Å². The summed E-state index contributed by atoms with van der Waals surface area (Å²) in [6.07, 6.45) is -1.56. The van der Waals surface area contributed by atoms with Crippen LogP contribution in [0.2, 0.25) is 0 Å². The smallest absolute Gasteiger partial charge is 0.324 e. The van der Waals surface area contributed by atoms with E-state index in [1.807, 2.05) is 0 Å². The molecular formula is C14H20F3N. The Bertz CT molecular complexity index is 370. The fraction of sp³-hybridized carbons (Fsp3) is 0.571. The van der Waals surface area contributed by atoms with Crippen molar-refractivity contribution in [1.29, 1.82) is 0 Å². The van der Waals surface area contributed by atoms with Crippen molar-refractivity contribution in [2.45, 2.75) is 45.3 Å². The van der Waals surface area contributed by atoms with Crippen molar-refractivity contribution >= 4 is 0 Å². The molecule has 0 aliphatic heterocycles. The lowest BCUT2D eigenvalue weighted by molar-refractivity contribution is -0.137. The predicted molar refractivity (Wildman–Crippen MR) is 67.1 cm³/mol. The largest absolute Gasteiger partial charge is 0.416 e. The second-order valence-electron chi connectivity index (χ2n) is 4.65. The molecule has 1 aromatic carbocycles. The maximum Gasteiger partial charge on any atom is 0.416 e. The number of rotatable bonds is 5. The Morgan fingerprint density at radius 3 is 2.28 bits per heavy atom. The van der Waals surface area contributed by atoms with Gasteiger partial charge in [-0.25, -0.2) is 0 Å². The molecule has 2 N–H and O–H groups in total.